The lowest BCUT2D eigenvalue weighted by atomic mass is 10.2. The third-order valence-electron chi connectivity index (χ3n) is 3.42. The van der Waals surface area contributed by atoms with Gasteiger partial charge in [-0.15, -0.1) is 0 Å². The van der Waals surface area contributed by atoms with Gasteiger partial charge in [0, 0.05) is 25.5 Å². The van der Waals surface area contributed by atoms with E-state index in [1.54, 1.807) is 24.3 Å². The average molecular weight is 332 g/mol. The molecule has 0 aromatic heterocycles. The Kier molecular flexibility index (Phi) is 5.39. The van der Waals surface area contributed by atoms with Crippen molar-refractivity contribution in [1.29, 1.82) is 0 Å². The molecule has 0 heterocycles. The predicted octanol–water partition coefficient (Wildman–Crippen LogP) is 1.84. The maximum absolute atomic E-state index is 12.0. The molecular formula is C17H20N2O3S. The van der Waals surface area contributed by atoms with Crippen molar-refractivity contribution in [1.82, 2.24) is 5.32 Å². The topological polar surface area (TPSA) is 66.5 Å². The van der Waals surface area contributed by atoms with Gasteiger partial charge >= 0.3 is 0 Å². The van der Waals surface area contributed by atoms with Crippen LogP contribution < -0.4 is 10.2 Å². The molecule has 5 nitrogen and oxygen atoms in total. The molecule has 0 spiro atoms. The number of carbonyl (C=O) groups excluding carboxylic acids is 1. The number of carbonyl (C=O) groups is 1. The van der Waals surface area contributed by atoms with Crippen LogP contribution in [-0.4, -0.2) is 34.2 Å². The first-order valence-corrected chi connectivity index (χ1v) is 9.07. The Balaban J connectivity index is 1.87. The molecule has 23 heavy (non-hydrogen) atoms. The lowest BCUT2D eigenvalue weighted by molar-refractivity contribution is -0.119. The van der Waals surface area contributed by atoms with Crippen LogP contribution in [0.2, 0.25) is 0 Å². The van der Waals surface area contributed by atoms with Crippen LogP contribution in [0.25, 0.3) is 0 Å². The van der Waals surface area contributed by atoms with E-state index in [1.807, 2.05) is 42.3 Å². The van der Waals surface area contributed by atoms with Crippen molar-refractivity contribution in [2.45, 2.75) is 11.4 Å². The van der Waals surface area contributed by atoms with Gasteiger partial charge in [0.15, 0.2) is 9.84 Å². The first-order chi connectivity index (χ1) is 10.9. The molecule has 0 unspecified atom stereocenters. The van der Waals surface area contributed by atoms with Crippen molar-refractivity contribution >= 4 is 21.4 Å². The highest BCUT2D eigenvalue weighted by Crippen LogP contribution is 2.11. The zero-order chi connectivity index (χ0) is 16.9. The van der Waals surface area contributed by atoms with Crippen molar-refractivity contribution in [2.75, 3.05) is 24.7 Å². The van der Waals surface area contributed by atoms with Crippen LogP contribution in [-0.2, 0) is 21.2 Å². The minimum absolute atomic E-state index is 0.0939. The SMILES string of the molecule is CN(CC(=O)NCc1ccc(S(C)(=O)=O)cc1)c1ccccc1. The number of hydrogen-bond donors (Lipinski definition) is 1. The number of likely N-dealkylation sites (N-methyl/N-ethyl adjacent to an activating group) is 1. The second kappa shape index (κ2) is 7.28. The summed E-state index contributed by atoms with van der Waals surface area (Å²) >= 11 is 0. The fraction of sp³-hybridized carbons (Fsp3) is 0.235. The summed E-state index contributed by atoms with van der Waals surface area (Å²) in [5, 5.41) is 2.83. The van der Waals surface area contributed by atoms with Gasteiger partial charge in [-0.2, -0.15) is 0 Å². The Hall–Kier alpha value is -2.34. The van der Waals surface area contributed by atoms with Crippen LogP contribution in [0.15, 0.2) is 59.5 Å². The first kappa shape index (κ1) is 17.0. The normalized spacial score (nSPS) is 11.0. The lowest BCUT2D eigenvalue weighted by Gasteiger charge is -2.18. The number of benzene rings is 2. The number of amides is 1. The number of sulfone groups is 1. The molecule has 0 atom stereocenters. The molecule has 6 heteroatoms. The molecule has 0 aliphatic heterocycles. The monoisotopic (exact) mass is 332 g/mol. The molecular weight excluding hydrogens is 312 g/mol. The molecule has 0 radical (unpaired) electrons. The Morgan fingerprint density at radius 3 is 2.22 bits per heavy atom. The molecule has 0 fully saturated rings. The molecule has 122 valence electrons. The maximum atomic E-state index is 12.0. The molecule has 0 bridgehead atoms. The van der Waals surface area contributed by atoms with E-state index >= 15 is 0 Å². The lowest BCUT2D eigenvalue weighted by Crippen LogP contribution is -2.34. The van der Waals surface area contributed by atoms with Gasteiger partial charge in [0.25, 0.3) is 0 Å². The predicted molar refractivity (Wildman–Crippen MR) is 91.1 cm³/mol. The fourth-order valence-electron chi connectivity index (χ4n) is 2.10. The van der Waals surface area contributed by atoms with Gasteiger partial charge in [-0.3, -0.25) is 4.79 Å². The molecule has 2 aromatic rings. The van der Waals surface area contributed by atoms with E-state index in [1.165, 1.54) is 6.26 Å². The van der Waals surface area contributed by atoms with Crippen molar-refractivity contribution < 1.29 is 13.2 Å². The number of anilines is 1. The van der Waals surface area contributed by atoms with Crippen molar-refractivity contribution in [3.63, 3.8) is 0 Å². The molecule has 2 rings (SSSR count). The van der Waals surface area contributed by atoms with Crippen molar-refractivity contribution in [3.05, 3.63) is 60.2 Å². The van der Waals surface area contributed by atoms with Crippen LogP contribution in [0.4, 0.5) is 5.69 Å². The third kappa shape index (κ3) is 5.10. The van der Waals surface area contributed by atoms with Crippen LogP contribution >= 0.6 is 0 Å². The van der Waals surface area contributed by atoms with Crippen LogP contribution in [0, 0.1) is 0 Å². The summed E-state index contributed by atoms with van der Waals surface area (Å²) in [7, 11) is -1.33. The Bertz CT molecular complexity index is 756. The van der Waals surface area contributed by atoms with E-state index in [0.717, 1.165) is 11.3 Å². The van der Waals surface area contributed by atoms with Crippen LogP contribution in [0.5, 0.6) is 0 Å². The summed E-state index contributed by atoms with van der Waals surface area (Å²) < 4.78 is 22.8. The van der Waals surface area contributed by atoms with Gasteiger partial charge < -0.3 is 10.2 Å². The van der Waals surface area contributed by atoms with Crippen molar-refractivity contribution in [3.8, 4) is 0 Å². The molecule has 1 N–H and O–H groups in total. The quantitative estimate of drug-likeness (QED) is 0.876. The van der Waals surface area contributed by atoms with E-state index in [9.17, 15) is 13.2 Å². The van der Waals surface area contributed by atoms with Gasteiger partial charge in [-0.05, 0) is 29.8 Å². The zero-order valence-electron chi connectivity index (χ0n) is 13.2. The molecule has 0 aliphatic carbocycles. The largest absolute Gasteiger partial charge is 0.365 e. The minimum atomic E-state index is -3.19. The van der Waals surface area contributed by atoms with Gasteiger partial charge in [-0.25, -0.2) is 8.42 Å². The van der Waals surface area contributed by atoms with Crippen LogP contribution in [0.1, 0.15) is 5.56 Å². The summed E-state index contributed by atoms with van der Waals surface area (Å²) in [5.41, 5.74) is 1.83. The molecule has 0 saturated carbocycles. The van der Waals surface area contributed by atoms with Crippen molar-refractivity contribution in [2.24, 2.45) is 0 Å². The highest BCUT2D eigenvalue weighted by Gasteiger charge is 2.08. The number of para-hydroxylation sites is 1. The van der Waals surface area contributed by atoms with E-state index < -0.39 is 9.84 Å². The number of hydrogen-bond acceptors (Lipinski definition) is 4. The average Bonchev–Trinajstić information content (AvgIpc) is 2.53. The second-order valence-corrected chi connectivity index (χ2v) is 7.40. The third-order valence-corrected chi connectivity index (χ3v) is 4.55. The van der Waals surface area contributed by atoms with E-state index in [4.69, 9.17) is 0 Å². The highest BCUT2D eigenvalue weighted by molar-refractivity contribution is 7.90. The Labute approximate surface area is 136 Å². The highest BCUT2D eigenvalue weighted by atomic mass is 32.2. The molecule has 0 saturated heterocycles. The van der Waals surface area contributed by atoms with Gasteiger partial charge in [0.1, 0.15) is 0 Å². The second-order valence-electron chi connectivity index (χ2n) is 5.38. The summed E-state index contributed by atoms with van der Waals surface area (Å²) in [5.74, 6) is -0.0939. The Morgan fingerprint density at radius 1 is 1.04 bits per heavy atom. The van der Waals surface area contributed by atoms with Gasteiger partial charge in [-0.1, -0.05) is 30.3 Å². The van der Waals surface area contributed by atoms with E-state index in [0.29, 0.717) is 6.54 Å². The minimum Gasteiger partial charge on any atom is -0.365 e. The molecule has 1 amide bonds. The summed E-state index contributed by atoms with van der Waals surface area (Å²) in [4.78, 5) is 14.1. The van der Waals surface area contributed by atoms with Crippen LogP contribution in [0.3, 0.4) is 0 Å². The molecule has 0 aliphatic rings. The summed E-state index contributed by atoms with van der Waals surface area (Å²) in [6.45, 7) is 0.622. The Morgan fingerprint density at radius 2 is 1.65 bits per heavy atom. The number of nitrogens with one attached hydrogen (secondary N) is 1. The summed E-state index contributed by atoms with van der Waals surface area (Å²) in [6, 6.07) is 16.2. The van der Waals surface area contributed by atoms with Gasteiger partial charge in [0.2, 0.25) is 5.91 Å². The fourth-order valence-corrected chi connectivity index (χ4v) is 2.73. The first-order valence-electron chi connectivity index (χ1n) is 7.18. The number of rotatable bonds is 6. The maximum Gasteiger partial charge on any atom is 0.239 e. The standard InChI is InChI=1S/C17H20N2O3S/c1-19(15-6-4-3-5-7-15)13-17(20)18-12-14-8-10-16(11-9-14)23(2,21)22/h3-11H,12-13H2,1-2H3,(H,18,20). The molecule has 2 aromatic carbocycles. The zero-order valence-corrected chi connectivity index (χ0v) is 14.0. The van der Waals surface area contributed by atoms with E-state index in [2.05, 4.69) is 5.32 Å². The summed E-state index contributed by atoms with van der Waals surface area (Å²) in [6.07, 6.45) is 1.17. The smallest absolute Gasteiger partial charge is 0.239 e. The number of nitrogens with zero attached hydrogens (tertiary/aromatic N) is 1. The van der Waals surface area contributed by atoms with Gasteiger partial charge in [0.05, 0.1) is 11.4 Å². The van der Waals surface area contributed by atoms with E-state index in [-0.39, 0.29) is 17.3 Å².